The van der Waals surface area contributed by atoms with E-state index in [0.717, 1.165) is 24.2 Å². The average Bonchev–Trinajstić information content (AvgIpc) is 3.27. The number of hydrogen-bond donors (Lipinski definition) is 1. The Morgan fingerprint density at radius 1 is 1.24 bits per heavy atom. The van der Waals surface area contributed by atoms with E-state index in [1.54, 1.807) is 11.7 Å². The van der Waals surface area contributed by atoms with Crippen molar-refractivity contribution < 1.29 is 9.90 Å². The summed E-state index contributed by atoms with van der Waals surface area (Å²) < 4.78 is 1.90. The molecule has 0 aliphatic carbocycles. The Morgan fingerprint density at radius 3 is 2.84 bits per heavy atom. The number of aryl methyl sites for hydroxylation is 1. The molecule has 2 aromatic heterocycles. The Morgan fingerprint density at radius 2 is 2.08 bits per heavy atom. The van der Waals surface area contributed by atoms with Gasteiger partial charge in [0, 0.05) is 13.1 Å². The van der Waals surface area contributed by atoms with Crippen LogP contribution < -0.4 is 0 Å². The molecule has 0 saturated heterocycles. The van der Waals surface area contributed by atoms with Crippen LogP contribution in [0.3, 0.4) is 0 Å². The lowest BCUT2D eigenvalue weighted by atomic mass is 10.1. The minimum absolute atomic E-state index is 0.00214. The number of benzene rings is 1. The highest BCUT2D eigenvalue weighted by atomic mass is 32.1. The third kappa shape index (κ3) is 3.20. The second-order valence-electron chi connectivity index (χ2n) is 6.04. The molecule has 0 saturated carbocycles. The fourth-order valence-electron chi connectivity index (χ4n) is 3.07. The van der Waals surface area contributed by atoms with Crippen molar-refractivity contribution in [2.75, 3.05) is 6.54 Å². The predicted octanol–water partition coefficient (Wildman–Crippen LogP) is 2.47. The molecule has 3 heterocycles. The van der Waals surface area contributed by atoms with Crippen molar-refractivity contribution in [1.82, 2.24) is 19.7 Å². The molecule has 0 radical (unpaired) electrons. The van der Waals surface area contributed by atoms with Crippen LogP contribution in [0.4, 0.5) is 0 Å². The minimum atomic E-state index is -0.758. The number of fused-ring (bicyclic) bond motifs is 1. The third-order valence-electron chi connectivity index (χ3n) is 4.36. The number of aromatic nitrogens is 3. The summed E-state index contributed by atoms with van der Waals surface area (Å²) in [4.78, 5) is 19.1. The Labute approximate surface area is 149 Å². The molecule has 128 valence electrons. The van der Waals surface area contributed by atoms with Crippen molar-refractivity contribution in [3.63, 3.8) is 0 Å². The van der Waals surface area contributed by atoms with E-state index in [9.17, 15) is 9.90 Å². The van der Waals surface area contributed by atoms with Gasteiger partial charge in [-0.2, -0.15) is 5.10 Å². The molecular formula is C18H18N4O2S. The SMILES string of the molecule is O=C(c1cncs1)N1CCCn2nc(C(O)c3ccccc3)cc2C1. The summed E-state index contributed by atoms with van der Waals surface area (Å²) in [7, 11) is 0. The maximum Gasteiger partial charge on any atom is 0.265 e. The van der Waals surface area contributed by atoms with Crippen molar-refractivity contribution in [3.8, 4) is 0 Å². The third-order valence-corrected chi connectivity index (χ3v) is 5.12. The molecule has 1 aliphatic rings. The molecule has 7 heteroatoms. The fraction of sp³-hybridized carbons (Fsp3) is 0.278. The van der Waals surface area contributed by atoms with Gasteiger partial charge in [0.15, 0.2) is 0 Å². The van der Waals surface area contributed by atoms with Crippen molar-refractivity contribution in [2.45, 2.75) is 25.6 Å². The summed E-state index contributed by atoms with van der Waals surface area (Å²) in [5, 5.41) is 15.1. The maximum atomic E-state index is 12.6. The number of aliphatic hydroxyl groups excluding tert-OH is 1. The topological polar surface area (TPSA) is 71.2 Å². The minimum Gasteiger partial charge on any atom is -0.382 e. The van der Waals surface area contributed by atoms with Gasteiger partial charge in [-0.05, 0) is 18.1 Å². The first-order valence-corrected chi connectivity index (χ1v) is 9.08. The zero-order valence-corrected chi connectivity index (χ0v) is 14.4. The molecule has 4 rings (SSSR count). The summed E-state index contributed by atoms with van der Waals surface area (Å²) in [5.41, 5.74) is 4.05. The summed E-state index contributed by atoms with van der Waals surface area (Å²) >= 11 is 1.36. The number of carbonyl (C=O) groups is 1. The molecule has 1 N–H and O–H groups in total. The van der Waals surface area contributed by atoms with Crippen LogP contribution in [0.25, 0.3) is 0 Å². The molecule has 1 amide bonds. The van der Waals surface area contributed by atoms with Crippen LogP contribution in [0.2, 0.25) is 0 Å². The molecule has 3 aromatic rings. The lowest BCUT2D eigenvalue weighted by Crippen LogP contribution is -2.30. The first kappa shape index (κ1) is 16.0. The largest absolute Gasteiger partial charge is 0.382 e. The van der Waals surface area contributed by atoms with E-state index in [4.69, 9.17) is 0 Å². The van der Waals surface area contributed by atoms with Gasteiger partial charge in [0.1, 0.15) is 11.0 Å². The van der Waals surface area contributed by atoms with Crippen LogP contribution in [-0.4, -0.2) is 37.2 Å². The second-order valence-corrected chi connectivity index (χ2v) is 6.93. The molecule has 0 bridgehead atoms. The summed E-state index contributed by atoms with van der Waals surface area (Å²) in [6.45, 7) is 1.92. The van der Waals surface area contributed by atoms with Gasteiger partial charge in [0.05, 0.1) is 29.6 Å². The van der Waals surface area contributed by atoms with E-state index >= 15 is 0 Å². The normalized spacial score (nSPS) is 15.5. The highest BCUT2D eigenvalue weighted by Gasteiger charge is 2.24. The van der Waals surface area contributed by atoms with Crippen LogP contribution in [-0.2, 0) is 13.1 Å². The first-order valence-electron chi connectivity index (χ1n) is 8.20. The van der Waals surface area contributed by atoms with Gasteiger partial charge in [0.25, 0.3) is 5.91 Å². The number of rotatable bonds is 3. The summed E-state index contributed by atoms with van der Waals surface area (Å²) in [6, 6.07) is 11.4. The van der Waals surface area contributed by atoms with Crippen molar-refractivity contribution in [3.05, 3.63) is 69.9 Å². The highest BCUT2D eigenvalue weighted by molar-refractivity contribution is 7.11. The number of nitrogens with zero attached hydrogens (tertiary/aromatic N) is 4. The summed E-state index contributed by atoms with van der Waals surface area (Å²) in [6.07, 6.45) is 1.69. The Balaban J connectivity index is 1.58. The maximum absolute atomic E-state index is 12.6. The lowest BCUT2D eigenvalue weighted by Gasteiger charge is -2.18. The van der Waals surface area contributed by atoms with Gasteiger partial charge in [-0.1, -0.05) is 30.3 Å². The van der Waals surface area contributed by atoms with Gasteiger partial charge < -0.3 is 10.0 Å². The molecule has 1 aromatic carbocycles. The molecule has 6 nitrogen and oxygen atoms in total. The zero-order chi connectivity index (χ0) is 17.2. The van der Waals surface area contributed by atoms with Crippen LogP contribution >= 0.6 is 11.3 Å². The van der Waals surface area contributed by atoms with Gasteiger partial charge in [-0.25, -0.2) is 0 Å². The Bertz CT molecular complexity index is 861. The van der Waals surface area contributed by atoms with Crippen molar-refractivity contribution >= 4 is 17.2 Å². The van der Waals surface area contributed by atoms with E-state index < -0.39 is 6.10 Å². The van der Waals surface area contributed by atoms with E-state index in [1.165, 1.54) is 11.3 Å². The highest BCUT2D eigenvalue weighted by Crippen LogP contribution is 2.24. The van der Waals surface area contributed by atoms with Crippen LogP contribution in [0.15, 0.2) is 48.1 Å². The molecular weight excluding hydrogens is 336 g/mol. The zero-order valence-electron chi connectivity index (χ0n) is 13.6. The molecule has 25 heavy (non-hydrogen) atoms. The first-order chi connectivity index (χ1) is 12.2. The van der Waals surface area contributed by atoms with E-state index in [2.05, 4.69) is 10.1 Å². The van der Waals surface area contributed by atoms with Crippen molar-refractivity contribution in [1.29, 1.82) is 0 Å². The van der Waals surface area contributed by atoms with Crippen molar-refractivity contribution in [2.24, 2.45) is 0 Å². The van der Waals surface area contributed by atoms with Gasteiger partial charge in [-0.15, -0.1) is 11.3 Å². The Kier molecular flexibility index (Phi) is 4.33. The van der Waals surface area contributed by atoms with Crippen LogP contribution in [0.1, 0.15) is 39.1 Å². The number of carbonyl (C=O) groups excluding carboxylic acids is 1. The summed E-state index contributed by atoms with van der Waals surface area (Å²) in [5.74, 6) is 0.00214. The van der Waals surface area contributed by atoms with Gasteiger partial charge in [0.2, 0.25) is 0 Å². The number of thiazole rings is 1. The Hall–Kier alpha value is -2.51. The predicted molar refractivity (Wildman–Crippen MR) is 94.2 cm³/mol. The standard InChI is InChI=1S/C18H18N4O2S/c23-17(13-5-2-1-3-6-13)15-9-14-11-21(7-4-8-22(14)20-15)18(24)16-10-19-12-25-16/h1-3,5-6,9-10,12,17,23H,4,7-8,11H2. The second kappa shape index (κ2) is 6.78. The number of hydrogen-bond acceptors (Lipinski definition) is 5. The number of amides is 1. The molecule has 1 atom stereocenters. The monoisotopic (exact) mass is 354 g/mol. The van der Waals surface area contributed by atoms with Crippen LogP contribution in [0, 0.1) is 0 Å². The van der Waals surface area contributed by atoms with Crippen LogP contribution in [0.5, 0.6) is 0 Å². The van der Waals surface area contributed by atoms with Gasteiger partial charge in [-0.3, -0.25) is 14.5 Å². The quantitative estimate of drug-likeness (QED) is 0.784. The van der Waals surface area contributed by atoms with E-state index in [0.29, 0.717) is 23.7 Å². The molecule has 1 unspecified atom stereocenters. The molecule has 0 spiro atoms. The fourth-order valence-corrected chi connectivity index (χ4v) is 3.66. The average molecular weight is 354 g/mol. The van der Waals surface area contributed by atoms with E-state index in [-0.39, 0.29) is 5.91 Å². The number of aliphatic hydroxyl groups is 1. The van der Waals surface area contributed by atoms with E-state index in [1.807, 2.05) is 46.0 Å². The lowest BCUT2D eigenvalue weighted by molar-refractivity contribution is 0.0750. The molecule has 1 aliphatic heterocycles. The van der Waals surface area contributed by atoms with Gasteiger partial charge >= 0.3 is 0 Å². The molecule has 0 fully saturated rings. The smallest absolute Gasteiger partial charge is 0.265 e.